The number of rotatable bonds is 6. The molecule has 0 amide bonds. The Labute approximate surface area is 170 Å². The summed E-state index contributed by atoms with van der Waals surface area (Å²) in [4.78, 5) is 24.8. The van der Waals surface area contributed by atoms with Crippen molar-refractivity contribution in [3.8, 4) is 0 Å². The second kappa shape index (κ2) is 8.43. The number of carbonyl (C=O) groups excluding carboxylic acids is 2. The lowest BCUT2D eigenvalue weighted by Gasteiger charge is -2.15. The highest BCUT2D eigenvalue weighted by molar-refractivity contribution is 7.89. The van der Waals surface area contributed by atoms with E-state index in [1.54, 1.807) is 12.1 Å². The first kappa shape index (κ1) is 22.1. The van der Waals surface area contributed by atoms with Crippen LogP contribution in [0.25, 0.3) is 0 Å². The minimum atomic E-state index is -3.83. The van der Waals surface area contributed by atoms with Crippen LogP contribution in [0.1, 0.15) is 38.8 Å². The summed E-state index contributed by atoms with van der Waals surface area (Å²) in [6.07, 6.45) is -1.03. The lowest BCUT2D eigenvalue weighted by Crippen LogP contribution is -2.25. The Hall–Kier alpha value is -2.22. The predicted octanol–water partition coefficient (Wildman–Crippen LogP) is 3.64. The number of nitrogens with zero attached hydrogens (tertiary/aromatic N) is 1. The molecule has 1 unspecified atom stereocenters. The molecule has 2 rings (SSSR count). The van der Waals surface area contributed by atoms with Gasteiger partial charge in [0.1, 0.15) is 4.90 Å². The molecule has 0 aliphatic heterocycles. The van der Waals surface area contributed by atoms with E-state index in [0.29, 0.717) is 5.56 Å². The Morgan fingerprint density at radius 3 is 2.18 bits per heavy atom. The Bertz CT molecular complexity index is 1030. The van der Waals surface area contributed by atoms with Gasteiger partial charge in [0.2, 0.25) is 15.8 Å². The SMILES string of the molecule is Cc1ccc(C(=O)C(C)OC(=O)c2ccc(Cl)c(S(=O)(=O)N(C)C)c2)cc1C. The molecule has 0 radical (unpaired) electrons. The summed E-state index contributed by atoms with van der Waals surface area (Å²) in [7, 11) is -1.11. The molecule has 0 heterocycles. The molecule has 2 aromatic rings. The van der Waals surface area contributed by atoms with Gasteiger partial charge in [0.25, 0.3) is 0 Å². The number of benzene rings is 2. The van der Waals surface area contributed by atoms with Crippen LogP contribution in [0.4, 0.5) is 0 Å². The van der Waals surface area contributed by atoms with Gasteiger partial charge in [-0.15, -0.1) is 0 Å². The van der Waals surface area contributed by atoms with E-state index in [1.165, 1.54) is 33.2 Å². The monoisotopic (exact) mass is 423 g/mol. The standard InChI is InChI=1S/C20H22ClNO5S/c1-12-6-7-15(10-13(12)2)19(23)14(3)27-20(24)16-8-9-17(21)18(11-16)28(25,26)22(4)5/h6-11,14H,1-5H3. The molecule has 0 spiro atoms. The van der Waals surface area contributed by atoms with E-state index in [9.17, 15) is 18.0 Å². The Kier molecular flexibility index (Phi) is 6.64. The van der Waals surface area contributed by atoms with Crippen molar-refractivity contribution >= 4 is 33.4 Å². The fraction of sp³-hybridized carbons (Fsp3) is 0.300. The van der Waals surface area contributed by atoms with Crippen LogP contribution in [0.3, 0.4) is 0 Å². The molecule has 0 N–H and O–H groups in total. The molecule has 150 valence electrons. The highest BCUT2D eigenvalue weighted by atomic mass is 35.5. The van der Waals surface area contributed by atoms with Crippen molar-refractivity contribution in [2.24, 2.45) is 0 Å². The van der Waals surface area contributed by atoms with Gasteiger partial charge in [-0.1, -0.05) is 23.7 Å². The van der Waals surface area contributed by atoms with Crippen LogP contribution in [-0.2, 0) is 14.8 Å². The number of aryl methyl sites for hydroxylation is 2. The summed E-state index contributed by atoms with van der Waals surface area (Å²) in [6, 6.07) is 9.06. The maximum Gasteiger partial charge on any atom is 0.338 e. The smallest absolute Gasteiger partial charge is 0.338 e. The van der Waals surface area contributed by atoms with Gasteiger partial charge in [0.15, 0.2) is 6.10 Å². The van der Waals surface area contributed by atoms with E-state index in [2.05, 4.69) is 0 Å². The third-order valence-electron chi connectivity index (χ3n) is 4.37. The van der Waals surface area contributed by atoms with Crippen LogP contribution in [0.2, 0.25) is 5.02 Å². The van der Waals surface area contributed by atoms with E-state index >= 15 is 0 Å². The van der Waals surface area contributed by atoms with E-state index in [-0.39, 0.29) is 21.3 Å². The lowest BCUT2D eigenvalue weighted by atomic mass is 10.0. The molecule has 28 heavy (non-hydrogen) atoms. The minimum Gasteiger partial charge on any atom is -0.451 e. The molecule has 0 aromatic heterocycles. The van der Waals surface area contributed by atoms with Gasteiger partial charge in [0, 0.05) is 19.7 Å². The highest BCUT2D eigenvalue weighted by Crippen LogP contribution is 2.25. The van der Waals surface area contributed by atoms with Crippen LogP contribution < -0.4 is 0 Å². The summed E-state index contributed by atoms with van der Waals surface area (Å²) in [5.41, 5.74) is 2.44. The van der Waals surface area contributed by atoms with Crippen LogP contribution >= 0.6 is 11.6 Å². The van der Waals surface area contributed by atoms with Crippen molar-refractivity contribution in [1.29, 1.82) is 0 Å². The molecular formula is C20H22ClNO5S. The van der Waals surface area contributed by atoms with E-state index < -0.39 is 22.1 Å². The summed E-state index contributed by atoms with van der Waals surface area (Å²) in [6.45, 7) is 5.30. The van der Waals surface area contributed by atoms with E-state index in [0.717, 1.165) is 21.5 Å². The van der Waals surface area contributed by atoms with Gasteiger partial charge in [-0.3, -0.25) is 4.79 Å². The number of ether oxygens (including phenoxy) is 1. The number of Topliss-reactive ketones (excluding diaryl/α,β-unsaturated/α-hetero) is 1. The van der Waals surface area contributed by atoms with Crippen molar-refractivity contribution in [2.75, 3.05) is 14.1 Å². The predicted molar refractivity (Wildman–Crippen MR) is 107 cm³/mol. The zero-order valence-electron chi connectivity index (χ0n) is 16.3. The van der Waals surface area contributed by atoms with Crippen molar-refractivity contribution in [1.82, 2.24) is 4.31 Å². The first-order valence-electron chi connectivity index (χ1n) is 8.49. The number of sulfonamides is 1. The Balaban J connectivity index is 2.25. The molecule has 0 aliphatic rings. The first-order valence-corrected chi connectivity index (χ1v) is 10.3. The fourth-order valence-corrected chi connectivity index (χ4v) is 3.83. The van der Waals surface area contributed by atoms with Crippen LogP contribution in [0.15, 0.2) is 41.3 Å². The number of carbonyl (C=O) groups is 2. The summed E-state index contributed by atoms with van der Waals surface area (Å²) >= 11 is 5.98. The second-order valence-corrected chi connectivity index (χ2v) is 9.17. The summed E-state index contributed by atoms with van der Waals surface area (Å²) in [5, 5.41) is -0.00972. The first-order chi connectivity index (χ1) is 12.9. The Morgan fingerprint density at radius 1 is 1.00 bits per heavy atom. The molecule has 0 aliphatic carbocycles. The molecule has 0 bridgehead atoms. The number of esters is 1. The maximum absolute atomic E-state index is 12.5. The second-order valence-electron chi connectivity index (χ2n) is 6.64. The van der Waals surface area contributed by atoms with Crippen LogP contribution in [0, 0.1) is 13.8 Å². The topological polar surface area (TPSA) is 80.8 Å². The third-order valence-corrected chi connectivity index (χ3v) is 6.67. The van der Waals surface area contributed by atoms with Gasteiger partial charge in [-0.25, -0.2) is 17.5 Å². The van der Waals surface area contributed by atoms with Gasteiger partial charge >= 0.3 is 5.97 Å². The average Bonchev–Trinajstić information content (AvgIpc) is 2.63. The van der Waals surface area contributed by atoms with Crippen LogP contribution in [-0.4, -0.2) is 44.7 Å². The summed E-state index contributed by atoms with van der Waals surface area (Å²) < 4.78 is 30.9. The molecule has 0 saturated carbocycles. The zero-order valence-corrected chi connectivity index (χ0v) is 17.9. The lowest BCUT2D eigenvalue weighted by molar-refractivity contribution is 0.0318. The van der Waals surface area contributed by atoms with Crippen molar-refractivity contribution in [3.05, 3.63) is 63.7 Å². The number of halogens is 1. The average molecular weight is 424 g/mol. The van der Waals surface area contributed by atoms with E-state index in [1.807, 2.05) is 19.9 Å². The normalized spacial score (nSPS) is 12.7. The number of ketones is 1. The fourth-order valence-electron chi connectivity index (χ4n) is 2.44. The number of hydrogen-bond acceptors (Lipinski definition) is 5. The van der Waals surface area contributed by atoms with Crippen molar-refractivity contribution < 1.29 is 22.7 Å². The molecule has 1 atom stereocenters. The number of hydrogen-bond donors (Lipinski definition) is 0. The van der Waals surface area contributed by atoms with E-state index in [4.69, 9.17) is 16.3 Å². The summed E-state index contributed by atoms with van der Waals surface area (Å²) in [5.74, 6) is -1.15. The van der Waals surface area contributed by atoms with Gasteiger partial charge in [-0.05, 0) is 56.2 Å². The quantitative estimate of drug-likeness (QED) is 0.523. The highest BCUT2D eigenvalue weighted by Gasteiger charge is 2.25. The maximum atomic E-state index is 12.5. The Morgan fingerprint density at radius 2 is 1.61 bits per heavy atom. The van der Waals surface area contributed by atoms with Crippen molar-refractivity contribution in [3.63, 3.8) is 0 Å². The van der Waals surface area contributed by atoms with Crippen molar-refractivity contribution in [2.45, 2.75) is 31.8 Å². The van der Waals surface area contributed by atoms with Crippen LogP contribution in [0.5, 0.6) is 0 Å². The molecule has 0 fully saturated rings. The minimum absolute atomic E-state index is 0.00967. The molecular weight excluding hydrogens is 402 g/mol. The van der Waals surface area contributed by atoms with Gasteiger partial charge in [0.05, 0.1) is 10.6 Å². The molecule has 8 heteroatoms. The van der Waals surface area contributed by atoms with Gasteiger partial charge in [-0.2, -0.15) is 0 Å². The molecule has 0 saturated heterocycles. The third kappa shape index (κ3) is 4.60. The largest absolute Gasteiger partial charge is 0.451 e. The van der Waals surface area contributed by atoms with Gasteiger partial charge < -0.3 is 4.74 Å². The molecule has 6 nitrogen and oxygen atoms in total. The zero-order chi connectivity index (χ0) is 21.2. The molecule has 2 aromatic carbocycles.